The van der Waals surface area contributed by atoms with Crippen LogP contribution in [0.4, 0.5) is 0 Å². The first-order valence-electron chi connectivity index (χ1n) is 8.37. The standard InChI is InChI=1S/C19H19N3O5/c1-3-27-19(25)16(18(23)24)14(11-5-4-7-20-9-11)12-10-22-17-15(12)13(26-2)6-8-21-17/h4-10,14,16H,3H2,1-2H3,(H,21,22)(H,23,24). The van der Waals surface area contributed by atoms with Gasteiger partial charge < -0.3 is 19.6 Å². The zero-order valence-corrected chi connectivity index (χ0v) is 14.9. The highest BCUT2D eigenvalue weighted by Gasteiger charge is 2.40. The van der Waals surface area contributed by atoms with Crippen LogP contribution < -0.4 is 4.74 Å². The fourth-order valence-electron chi connectivity index (χ4n) is 3.19. The van der Waals surface area contributed by atoms with Crippen LogP contribution in [-0.4, -0.2) is 45.7 Å². The second kappa shape index (κ2) is 7.86. The third kappa shape index (κ3) is 3.46. The van der Waals surface area contributed by atoms with Gasteiger partial charge in [-0.15, -0.1) is 0 Å². The van der Waals surface area contributed by atoms with Gasteiger partial charge in [-0.25, -0.2) is 4.98 Å². The minimum Gasteiger partial charge on any atom is -0.496 e. The molecular weight excluding hydrogens is 350 g/mol. The Labute approximate surface area is 155 Å². The molecule has 0 fully saturated rings. The number of nitrogens with zero attached hydrogens (tertiary/aromatic N) is 2. The number of nitrogens with one attached hydrogen (secondary N) is 1. The molecule has 0 aliphatic rings. The lowest BCUT2D eigenvalue weighted by Crippen LogP contribution is -2.32. The average molecular weight is 369 g/mol. The fourth-order valence-corrected chi connectivity index (χ4v) is 3.19. The molecule has 2 unspecified atom stereocenters. The molecule has 0 aromatic carbocycles. The number of aliphatic carboxylic acids is 1. The van der Waals surface area contributed by atoms with Crippen LogP contribution in [0.1, 0.15) is 24.0 Å². The number of carboxylic acids is 1. The number of carbonyl (C=O) groups excluding carboxylic acids is 1. The Kier molecular flexibility index (Phi) is 5.35. The summed E-state index contributed by atoms with van der Waals surface area (Å²) in [6.45, 7) is 1.72. The van der Waals surface area contributed by atoms with Crippen LogP contribution >= 0.6 is 0 Å². The largest absolute Gasteiger partial charge is 0.496 e. The van der Waals surface area contributed by atoms with Crippen molar-refractivity contribution in [3.05, 3.63) is 54.1 Å². The lowest BCUT2D eigenvalue weighted by molar-refractivity contribution is -0.159. The molecule has 0 amide bonds. The van der Waals surface area contributed by atoms with Gasteiger partial charge >= 0.3 is 11.9 Å². The van der Waals surface area contributed by atoms with E-state index in [0.717, 1.165) is 0 Å². The van der Waals surface area contributed by atoms with E-state index in [2.05, 4.69) is 15.0 Å². The summed E-state index contributed by atoms with van der Waals surface area (Å²) in [6.07, 6.45) is 6.35. The van der Waals surface area contributed by atoms with Crippen LogP contribution in [0.15, 0.2) is 43.0 Å². The van der Waals surface area contributed by atoms with Crippen LogP contribution in [0.2, 0.25) is 0 Å². The number of ether oxygens (including phenoxy) is 2. The number of aromatic amines is 1. The summed E-state index contributed by atoms with van der Waals surface area (Å²) in [5.74, 6) is -3.84. The minimum atomic E-state index is -1.45. The second-order valence-electron chi connectivity index (χ2n) is 5.81. The van der Waals surface area contributed by atoms with Crippen LogP contribution in [0.25, 0.3) is 11.0 Å². The van der Waals surface area contributed by atoms with Crippen molar-refractivity contribution in [3.63, 3.8) is 0 Å². The molecule has 2 N–H and O–H groups in total. The van der Waals surface area contributed by atoms with E-state index in [9.17, 15) is 14.7 Å². The highest BCUT2D eigenvalue weighted by atomic mass is 16.5. The third-order valence-electron chi connectivity index (χ3n) is 4.30. The number of hydrogen-bond donors (Lipinski definition) is 2. The molecule has 3 heterocycles. The van der Waals surface area contributed by atoms with Crippen molar-refractivity contribution >= 4 is 23.0 Å². The number of rotatable bonds is 7. The van der Waals surface area contributed by atoms with Crippen molar-refractivity contribution in [1.29, 1.82) is 0 Å². The summed E-state index contributed by atoms with van der Waals surface area (Å²) in [6, 6.07) is 5.10. The van der Waals surface area contributed by atoms with E-state index in [1.807, 2.05) is 0 Å². The van der Waals surface area contributed by atoms with Crippen molar-refractivity contribution in [2.24, 2.45) is 5.92 Å². The van der Waals surface area contributed by atoms with Crippen LogP contribution in [0.3, 0.4) is 0 Å². The molecular formula is C19H19N3O5. The Bertz CT molecular complexity index is 954. The Morgan fingerprint density at radius 3 is 2.74 bits per heavy atom. The molecule has 0 saturated carbocycles. The SMILES string of the molecule is CCOC(=O)C(C(=O)O)C(c1cccnc1)c1c[nH]c2nccc(OC)c12. The van der Waals surface area contributed by atoms with Crippen molar-refractivity contribution in [2.75, 3.05) is 13.7 Å². The molecule has 8 nitrogen and oxygen atoms in total. The summed E-state index contributed by atoms with van der Waals surface area (Å²) in [5.41, 5.74) is 1.68. The molecule has 3 aromatic heterocycles. The lowest BCUT2D eigenvalue weighted by Gasteiger charge is -2.23. The highest BCUT2D eigenvalue weighted by Crippen LogP contribution is 2.39. The Hall–Kier alpha value is -3.42. The van der Waals surface area contributed by atoms with Gasteiger partial charge in [0.15, 0.2) is 5.92 Å². The van der Waals surface area contributed by atoms with Crippen molar-refractivity contribution in [2.45, 2.75) is 12.8 Å². The monoisotopic (exact) mass is 369 g/mol. The maximum atomic E-state index is 12.5. The van der Waals surface area contributed by atoms with E-state index in [1.54, 1.807) is 49.9 Å². The average Bonchev–Trinajstić information content (AvgIpc) is 3.10. The van der Waals surface area contributed by atoms with Gasteiger partial charge in [0.25, 0.3) is 0 Å². The first kappa shape index (κ1) is 18.4. The maximum Gasteiger partial charge on any atom is 0.321 e. The predicted octanol–water partition coefficient (Wildman–Crippen LogP) is 2.36. The van der Waals surface area contributed by atoms with Gasteiger partial charge in [0.05, 0.1) is 19.1 Å². The molecule has 140 valence electrons. The number of H-pyrrole nitrogens is 1. The molecule has 0 bridgehead atoms. The number of esters is 1. The molecule has 0 spiro atoms. The molecule has 0 aliphatic heterocycles. The first-order valence-corrected chi connectivity index (χ1v) is 8.37. The molecule has 3 aromatic rings. The van der Waals surface area contributed by atoms with Crippen molar-refractivity contribution < 1.29 is 24.2 Å². The van der Waals surface area contributed by atoms with Crippen molar-refractivity contribution in [3.8, 4) is 5.75 Å². The van der Waals surface area contributed by atoms with Crippen LogP contribution in [0, 0.1) is 5.92 Å². The Morgan fingerprint density at radius 1 is 1.30 bits per heavy atom. The van der Waals surface area contributed by atoms with E-state index >= 15 is 0 Å². The molecule has 0 aliphatic carbocycles. The number of carbonyl (C=O) groups is 2. The predicted molar refractivity (Wildman–Crippen MR) is 96.5 cm³/mol. The third-order valence-corrected chi connectivity index (χ3v) is 4.30. The number of hydrogen-bond acceptors (Lipinski definition) is 6. The van der Waals surface area contributed by atoms with E-state index in [0.29, 0.717) is 27.9 Å². The van der Waals surface area contributed by atoms with Gasteiger partial charge in [0.1, 0.15) is 11.4 Å². The minimum absolute atomic E-state index is 0.0845. The van der Waals surface area contributed by atoms with E-state index < -0.39 is 23.8 Å². The molecule has 2 atom stereocenters. The topological polar surface area (TPSA) is 114 Å². The molecule has 0 radical (unpaired) electrons. The molecule has 3 rings (SSSR count). The Balaban J connectivity index is 2.25. The van der Waals surface area contributed by atoms with Gasteiger partial charge in [-0.3, -0.25) is 14.6 Å². The molecule has 0 saturated heterocycles. The number of carboxylic acid groups (broad SMARTS) is 1. The van der Waals surface area contributed by atoms with E-state index in [1.165, 1.54) is 7.11 Å². The summed E-state index contributed by atoms with van der Waals surface area (Å²) < 4.78 is 10.5. The van der Waals surface area contributed by atoms with E-state index in [-0.39, 0.29) is 6.61 Å². The van der Waals surface area contributed by atoms with Gasteiger partial charge in [-0.05, 0) is 30.2 Å². The zero-order valence-electron chi connectivity index (χ0n) is 14.9. The van der Waals surface area contributed by atoms with Gasteiger partial charge in [0, 0.05) is 30.7 Å². The fraction of sp³-hybridized carbons (Fsp3) is 0.263. The lowest BCUT2D eigenvalue weighted by atomic mass is 9.81. The summed E-state index contributed by atoms with van der Waals surface area (Å²) in [5, 5.41) is 10.4. The highest BCUT2D eigenvalue weighted by molar-refractivity contribution is 5.97. The van der Waals surface area contributed by atoms with Gasteiger partial charge in [-0.2, -0.15) is 0 Å². The second-order valence-corrected chi connectivity index (χ2v) is 5.81. The number of pyridine rings is 2. The van der Waals surface area contributed by atoms with E-state index in [4.69, 9.17) is 9.47 Å². The molecule has 27 heavy (non-hydrogen) atoms. The van der Waals surface area contributed by atoms with Crippen LogP contribution in [0.5, 0.6) is 5.75 Å². The quantitative estimate of drug-likeness (QED) is 0.485. The van der Waals surface area contributed by atoms with Crippen molar-refractivity contribution in [1.82, 2.24) is 15.0 Å². The maximum absolute atomic E-state index is 12.5. The van der Waals surface area contributed by atoms with Crippen LogP contribution in [-0.2, 0) is 14.3 Å². The summed E-state index contributed by atoms with van der Waals surface area (Å²) in [7, 11) is 1.52. The molecule has 8 heteroatoms. The summed E-state index contributed by atoms with van der Waals surface area (Å²) in [4.78, 5) is 35.9. The van der Waals surface area contributed by atoms with Gasteiger partial charge in [0.2, 0.25) is 0 Å². The zero-order chi connectivity index (χ0) is 19.4. The van der Waals surface area contributed by atoms with Gasteiger partial charge in [-0.1, -0.05) is 6.07 Å². The number of methoxy groups -OCH3 is 1. The number of fused-ring (bicyclic) bond motifs is 1. The first-order chi connectivity index (χ1) is 13.1. The summed E-state index contributed by atoms with van der Waals surface area (Å²) >= 11 is 0. The normalized spacial score (nSPS) is 13.1. The smallest absolute Gasteiger partial charge is 0.321 e. The Morgan fingerprint density at radius 2 is 2.11 bits per heavy atom. The number of aromatic nitrogens is 3.